The highest BCUT2D eigenvalue weighted by Crippen LogP contribution is 2.35. The first-order valence-corrected chi connectivity index (χ1v) is 8.23. The van der Waals surface area contributed by atoms with Gasteiger partial charge in [0.15, 0.2) is 5.76 Å². The molecule has 5 nitrogen and oxygen atoms in total. The summed E-state index contributed by atoms with van der Waals surface area (Å²) in [6.45, 7) is 7.14. The second-order valence-electron chi connectivity index (χ2n) is 6.66. The molecule has 0 aliphatic carbocycles. The van der Waals surface area contributed by atoms with Crippen molar-refractivity contribution in [1.82, 2.24) is 9.80 Å². The first-order valence-electron chi connectivity index (χ1n) is 8.23. The summed E-state index contributed by atoms with van der Waals surface area (Å²) in [6, 6.07) is 4.56. The quantitative estimate of drug-likeness (QED) is 0.856. The normalized spacial score (nSPS) is 27.2. The van der Waals surface area contributed by atoms with Crippen molar-refractivity contribution >= 4 is 5.91 Å². The number of carbonyl (C=O) groups is 1. The summed E-state index contributed by atoms with van der Waals surface area (Å²) in [5.74, 6) is 1.07. The highest BCUT2D eigenvalue weighted by Gasteiger charge is 2.45. The van der Waals surface area contributed by atoms with Gasteiger partial charge < -0.3 is 14.1 Å². The van der Waals surface area contributed by atoms with Crippen molar-refractivity contribution < 1.29 is 13.9 Å². The summed E-state index contributed by atoms with van der Waals surface area (Å²) in [7, 11) is 1.81. The van der Waals surface area contributed by atoms with E-state index >= 15 is 0 Å². The predicted molar refractivity (Wildman–Crippen MR) is 83.8 cm³/mol. The molecule has 0 bridgehead atoms. The van der Waals surface area contributed by atoms with E-state index in [2.05, 4.69) is 18.7 Å². The minimum absolute atomic E-state index is 0.0149. The Morgan fingerprint density at radius 1 is 1.36 bits per heavy atom. The summed E-state index contributed by atoms with van der Waals surface area (Å²) in [6.07, 6.45) is 3.98. The van der Waals surface area contributed by atoms with Gasteiger partial charge >= 0.3 is 0 Å². The van der Waals surface area contributed by atoms with Crippen LogP contribution < -0.4 is 0 Å². The molecule has 22 heavy (non-hydrogen) atoms. The van der Waals surface area contributed by atoms with Crippen molar-refractivity contribution in [3.63, 3.8) is 0 Å². The third-order valence-corrected chi connectivity index (χ3v) is 5.16. The van der Waals surface area contributed by atoms with Gasteiger partial charge in [-0.15, -0.1) is 0 Å². The van der Waals surface area contributed by atoms with Gasteiger partial charge in [-0.2, -0.15) is 0 Å². The van der Waals surface area contributed by atoms with Crippen LogP contribution in [0.1, 0.15) is 37.2 Å². The van der Waals surface area contributed by atoms with Gasteiger partial charge in [-0.1, -0.05) is 0 Å². The minimum Gasteiger partial charge on any atom is -0.459 e. The van der Waals surface area contributed by atoms with Crippen LogP contribution in [-0.2, 0) is 4.74 Å². The van der Waals surface area contributed by atoms with Crippen LogP contribution in [0.15, 0.2) is 22.8 Å². The number of amides is 1. The molecular weight excluding hydrogens is 280 g/mol. The Kier molecular flexibility index (Phi) is 4.54. The zero-order valence-corrected chi connectivity index (χ0v) is 13.7. The Balaban J connectivity index is 1.58. The molecule has 3 rings (SSSR count). The number of likely N-dealkylation sites (tertiary alicyclic amines) is 2. The van der Waals surface area contributed by atoms with Gasteiger partial charge in [0.2, 0.25) is 0 Å². The van der Waals surface area contributed by atoms with Crippen molar-refractivity contribution in [2.75, 3.05) is 26.7 Å². The Hall–Kier alpha value is -1.33. The van der Waals surface area contributed by atoms with Crippen LogP contribution in [0.2, 0.25) is 0 Å². The summed E-state index contributed by atoms with van der Waals surface area (Å²) in [4.78, 5) is 16.8. The lowest BCUT2D eigenvalue weighted by Gasteiger charge is -2.54. The fraction of sp³-hybridized carbons (Fsp3) is 0.706. The maximum atomic E-state index is 12.3. The molecule has 1 aromatic heterocycles. The zero-order chi connectivity index (χ0) is 15.7. The smallest absolute Gasteiger partial charge is 0.289 e. The third kappa shape index (κ3) is 2.79. The molecule has 0 radical (unpaired) electrons. The van der Waals surface area contributed by atoms with Gasteiger partial charge in [0.05, 0.1) is 12.4 Å². The van der Waals surface area contributed by atoms with Gasteiger partial charge in [0.25, 0.3) is 5.91 Å². The fourth-order valence-corrected chi connectivity index (χ4v) is 3.86. The number of carbonyl (C=O) groups excluding carboxylic acids is 1. The van der Waals surface area contributed by atoms with E-state index < -0.39 is 0 Å². The minimum atomic E-state index is 0.0149. The Labute approximate surface area is 132 Å². The molecule has 2 aliphatic rings. The van der Waals surface area contributed by atoms with Crippen molar-refractivity contribution in [1.29, 1.82) is 0 Å². The molecule has 3 heterocycles. The fourth-order valence-electron chi connectivity index (χ4n) is 3.86. The van der Waals surface area contributed by atoms with Crippen molar-refractivity contribution in [2.24, 2.45) is 5.92 Å². The number of methoxy groups -OCH3 is 1. The van der Waals surface area contributed by atoms with Crippen molar-refractivity contribution in [2.45, 2.75) is 44.9 Å². The van der Waals surface area contributed by atoms with E-state index in [0.717, 1.165) is 32.5 Å². The summed E-state index contributed by atoms with van der Waals surface area (Å²) < 4.78 is 10.8. The van der Waals surface area contributed by atoms with Crippen LogP contribution in [0.25, 0.3) is 0 Å². The second-order valence-corrected chi connectivity index (χ2v) is 6.66. The van der Waals surface area contributed by atoms with E-state index in [4.69, 9.17) is 9.15 Å². The van der Waals surface area contributed by atoms with Crippen LogP contribution in [-0.4, -0.2) is 60.6 Å². The molecule has 2 atom stereocenters. The van der Waals surface area contributed by atoms with Crippen LogP contribution in [0.3, 0.4) is 0 Å². The molecular formula is C17H26N2O3. The van der Waals surface area contributed by atoms with Crippen LogP contribution in [0.5, 0.6) is 0 Å². The lowest BCUT2D eigenvalue weighted by Crippen LogP contribution is -2.66. The highest BCUT2D eigenvalue weighted by molar-refractivity contribution is 5.91. The molecule has 2 fully saturated rings. The number of ether oxygens (including phenoxy) is 1. The molecule has 0 saturated carbocycles. The lowest BCUT2D eigenvalue weighted by molar-refractivity contribution is -0.128. The molecule has 2 aliphatic heterocycles. The largest absolute Gasteiger partial charge is 0.459 e. The van der Waals surface area contributed by atoms with Gasteiger partial charge in [-0.25, -0.2) is 0 Å². The number of piperidine rings is 1. The van der Waals surface area contributed by atoms with Crippen LogP contribution >= 0.6 is 0 Å². The van der Waals surface area contributed by atoms with Gasteiger partial charge in [-0.3, -0.25) is 9.69 Å². The zero-order valence-electron chi connectivity index (χ0n) is 13.7. The average molecular weight is 306 g/mol. The van der Waals surface area contributed by atoms with Crippen molar-refractivity contribution in [3.8, 4) is 0 Å². The highest BCUT2D eigenvalue weighted by atomic mass is 16.5. The van der Waals surface area contributed by atoms with E-state index in [1.807, 2.05) is 12.0 Å². The third-order valence-electron chi connectivity index (χ3n) is 5.16. The summed E-state index contributed by atoms with van der Waals surface area (Å²) >= 11 is 0. The maximum Gasteiger partial charge on any atom is 0.289 e. The number of furan rings is 1. The standard InChI is InChI=1S/C17H26N2O3/c1-12(2)19-11-15(21-3)16(19)13-6-8-18(9-7-13)17(20)14-5-4-10-22-14/h4-5,10,12-13,15-16H,6-9,11H2,1-3H3/t15-,16-/m0/s1. The van der Waals surface area contributed by atoms with Crippen LogP contribution in [0, 0.1) is 5.92 Å². The molecule has 1 amide bonds. The van der Waals surface area contributed by atoms with E-state index in [-0.39, 0.29) is 5.91 Å². The van der Waals surface area contributed by atoms with E-state index in [1.165, 1.54) is 0 Å². The first kappa shape index (κ1) is 15.6. The number of rotatable bonds is 4. The SMILES string of the molecule is CO[C@H]1CN(C(C)C)[C@H]1C1CCN(C(=O)c2ccco2)CC1. The summed E-state index contributed by atoms with van der Waals surface area (Å²) in [5.41, 5.74) is 0. The number of hydrogen-bond acceptors (Lipinski definition) is 4. The van der Waals surface area contributed by atoms with Gasteiger partial charge in [0, 0.05) is 38.8 Å². The first-order chi connectivity index (χ1) is 10.6. The molecule has 122 valence electrons. The van der Waals surface area contributed by atoms with Crippen LogP contribution in [0.4, 0.5) is 0 Å². The predicted octanol–water partition coefficient (Wildman–Crippen LogP) is 2.24. The van der Waals surface area contributed by atoms with Crippen molar-refractivity contribution in [3.05, 3.63) is 24.2 Å². The molecule has 2 saturated heterocycles. The molecule has 0 aromatic carbocycles. The molecule has 0 spiro atoms. The van der Waals surface area contributed by atoms with E-state index in [0.29, 0.717) is 29.9 Å². The Bertz CT molecular complexity index is 492. The topological polar surface area (TPSA) is 45.9 Å². The lowest BCUT2D eigenvalue weighted by atomic mass is 9.79. The Morgan fingerprint density at radius 3 is 2.64 bits per heavy atom. The molecule has 0 unspecified atom stereocenters. The van der Waals surface area contributed by atoms with Gasteiger partial charge in [-0.05, 0) is 44.7 Å². The maximum absolute atomic E-state index is 12.3. The van der Waals surface area contributed by atoms with E-state index in [1.54, 1.807) is 18.4 Å². The molecule has 0 N–H and O–H groups in total. The summed E-state index contributed by atoms with van der Waals surface area (Å²) in [5, 5.41) is 0. The Morgan fingerprint density at radius 2 is 2.09 bits per heavy atom. The number of hydrogen-bond donors (Lipinski definition) is 0. The average Bonchev–Trinajstić information content (AvgIpc) is 3.00. The molecule has 5 heteroatoms. The second kappa shape index (κ2) is 6.42. The van der Waals surface area contributed by atoms with Gasteiger partial charge in [0.1, 0.15) is 0 Å². The monoisotopic (exact) mass is 306 g/mol. The molecule has 1 aromatic rings. The number of nitrogens with zero attached hydrogens (tertiary/aromatic N) is 2. The van der Waals surface area contributed by atoms with E-state index in [9.17, 15) is 4.79 Å².